The van der Waals surface area contributed by atoms with Gasteiger partial charge in [-0.3, -0.25) is 4.79 Å². The number of hydrogen-bond donors (Lipinski definition) is 1. The minimum absolute atomic E-state index is 0.128. The number of benzene rings is 2. The topological polar surface area (TPSA) is 63.6 Å². The number of ether oxygens (including phenoxy) is 1. The highest BCUT2D eigenvalue weighted by Gasteiger charge is 2.13. The van der Waals surface area contributed by atoms with Gasteiger partial charge in [0, 0.05) is 5.56 Å². The fourth-order valence-corrected chi connectivity index (χ4v) is 1.42. The van der Waals surface area contributed by atoms with Gasteiger partial charge in [-0.25, -0.2) is 4.79 Å². The standard InChI is InChI=1S/C14H10O4/c15-13(14(16)17)10-6-8-12(9-7-10)18-11-4-2-1-3-5-11/h1-9H,(H,16,17). The third-order valence-corrected chi connectivity index (χ3v) is 2.29. The van der Waals surface area contributed by atoms with Crippen LogP contribution in [0.5, 0.6) is 11.5 Å². The Labute approximate surface area is 103 Å². The summed E-state index contributed by atoms with van der Waals surface area (Å²) in [6.45, 7) is 0. The monoisotopic (exact) mass is 242 g/mol. The minimum Gasteiger partial charge on any atom is -0.475 e. The van der Waals surface area contributed by atoms with Crippen molar-refractivity contribution in [3.05, 3.63) is 60.2 Å². The molecule has 2 aromatic rings. The van der Waals surface area contributed by atoms with E-state index in [0.29, 0.717) is 11.5 Å². The average molecular weight is 242 g/mol. The van der Waals surface area contributed by atoms with Gasteiger partial charge in [-0.15, -0.1) is 0 Å². The normalized spacial score (nSPS) is 9.78. The van der Waals surface area contributed by atoms with Crippen LogP contribution < -0.4 is 4.74 Å². The number of Topliss-reactive ketones (excluding diaryl/α,β-unsaturated/α-hetero) is 1. The summed E-state index contributed by atoms with van der Waals surface area (Å²) in [5.74, 6) is -1.18. The average Bonchev–Trinajstić information content (AvgIpc) is 2.40. The Morgan fingerprint density at radius 3 is 1.94 bits per heavy atom. The van der Waals surface area contributed by atoms with Gasteiger partial charge < -0.3 is 9.84 Å². The zero-order valence-electron chi connectivity index (χ0n) is 9.37. The molecule has 0 aliphatic rings. The minimum atomic E-state index is -1.47. The van der Waals surface area contributed by atoms with E-state index in [1.807, 2.05) is 18.2 Å². The molecule has 2 rings (SSSR count). The van der Waals surface area contributed by atoms with Crippen molar-refractivity contribution in [3.63, 3.8) is 0 Å². The second-order valence-corrected chi connectivity index (χ2v) is 3.57. The third kappa shape index (κ3) is 2.74. The summed E-state index contributed by atoms with van der Waals surface area (Å²) in [6.07, 6.45) is 0. The Balaban J connectivity index is 2.13. The van der Waals surface area contributed by atoms with Gasteiger partial charge in [0.1, 0.15) is 11.5 Å². The van der Waals surface area contributed by atoms with Crippen LogP contribution in [0.1, 0.15) is 10.4 Å². The molecule has 0 fully saturated rings. The molecule has 1 N–H and O–H groups in total. The maximum Gasteiger partial charge on any atom is 0.377 e. The van der Waals surface area contributed by atoms with Gasteiger partial charge in [0.05, 0.1) is 0 Å². The van der Waals surface area contributed by atoms with Crippen LogP contribution in [-0.4, -0.2) is 16.9 Å². The molecule has 0 saturated carbocycles. The summed E-state index contributed by atoms with van der Waals surface area (Å²) < 4.78 is 5.51. The molecular formula is C14H10O4. The Bertz CT molecular complexity index is 558. The molecule has 18 heavy (non-hydrogen) atoms. The second-order valence-electron chi connectivity index (χ2n) is 3.57. The van der Waals surface area contributed by atoms with Gasteiger partial charge in [0.25, 0.3) is 5.78 Å². The fraction of sp³-hybridized carbons (Fsp3) is 0. The Morgan fingerprint density at radius 2 is 1.39 bits per heavy atom. The molecule has 0 unspecified atom stereocenters. The summed E-state index contributed by atoms with van der Waals surface area (Å²) in [5.41, 5.74) is 0.128. The lowest BCUT2D eigenvalue weighted by Gasteiger charge is -2.05. The molecule has 0 radical (unpaired) electrons. The first-order valence-corrected chi connectivity index (χ1v) is 5.27. The van der Waals surface area contributed by atoms with E-state index >= 15 is 0 Å². The summed E-state index contributed by atoms with van der Waals surface area (Å²) in [7, 11) is 0. The van der Waals surface area contributed by atoms with Crippen LogP contribution in [0.4, 0.5) is 0 Å². The molecule has 0 spiro atoms. The van der Waals surface area contributed by atoms with E-state index in [0.717, 1.165) is 0 Å². The van der Waals surface area contributed by atoms with Crippen LogP contribution in [0, 0.1) is 0 Å². The summed E-state index contributed by atoms with van der Waals surface area (Å²) >= 11 is 0. The summed E-state index contributed by atoms with van der Waals surface area (Å²) in [4.78, 5) is 21.7. The highest BCUT2D eigenvalue weighted by molar-refractivity contribution is 6.39. The molecule has 4 heteroatoms. The van der Waals surface area contributed by atoms with E-state index in [-0.39, 0.29) is 5.56 Å². The summed E-state index contributed by atoms with van der Waals surface area (Å²) in [6, 6.07) is 15.1. The summed E-state index contributed by atoms with van der Waals surface area (Å²) in [5, 5.41) is 8.56. The largest absolute Gasteiger partial charge is 0.475 e. The van der Waals surface area contributed by atoms with Gasteiger partial charge in [-0.2, -0.15) is 0 Å². The van der Waals surface area contributed by atoms with Crippen molar-refractivity contribution < 1.29 is 19.4 Å². The Hall–Kier alpha value is -2.62. The number of carbonyl (C=O) groups is 2. The molecule has 2 aromatic carbocycles. The SMILES string of the molecule is O=C(O)C(=O)c1ccc(Oc2ccccc2)cc1. The zero-order chi connectivity index (χ0) is 13.0. The number of carboxylic acid groups (broad SMARTS) is 1. The number of rotatable bonds is 4. The first-order valence-electron chi connectivity index (χ1n) is 5.27. The predicted molar refractivity (Wildman–Crippen MR) is 64.9 cm³/mol. The molecular weight excluding hydrogens is 232 g/mol. The van der Waals surface area contributed by atoms with Gasteiger partial charge in [-0.05, 0) is 36.4 Å². The van der Waals surface area contributed by atoms with Crippen molar-refractivity contribution in [2.45, 2.75) is 0 Å². The van der Waals surface area contributed by atoms with Gasteiger partial charge in [0.15, 0.2) is 0 Å². The number of carbonyl (C=O) groups excluding carboxylic acids is 1. The zero-order valence-corrected chi connectivity index (χ0v) is 9.37. The van der Waals surface area contributed by atoms with Crippen molar-refractivity contribution >= 4 is 11.8 Å². The number of aliphatic carboxylic acids is 1. The molecule has 0 atom stereocenters. The predicted octanol–water partition coefficient (Wildman–Crippen LogP) is 2.75. The Kier molecular flexibility index (Phi) is 3.38. The highest BCUT2D eigenvalue weighted by Crippen LogP contribution is 2.21. The quantitative estimate of drug-likeness (QED) is 0.661. The Morgan fingerprint density at radius 1 is 0.833 bits per heavy atom. The van der Waals surface area contributed by atoms with E-state index in [2.05, 4.69) is 0 Å². The molecule has 0 aliphatic heterocycles. The van der Waals surface area contributed by atoms with Gasteiger partial charge >= 0.3 is 5.97 Å². The van der Waals surface area contributed by atoms with Crippen molar-refractivity contribution in [2.75, 3.05) is 0 Å². The first kappa shape index (κ1) is 11.9. The van der Waals surface area contributed by atoms with Crippen LogP contribution in [0.15, 0.2) is 54.6 Å². The molecule has 0 amide bonds. The highest BCUT2D eigenvalue weighted by atomic mass is 16.5. The molecule has 0 heterocycles. The van der Waals surface area contributed by atoms with Crippen LogP contribution in [-0.2, 0) is 4.79 Å². The number of para-hydroxylation sites is 1. The van der Waals surface area contributed by atoms with E-state index < -0.39 is 11.8 Å². The lowest BCUT2D eigenvalue weighted by molar-refractivity contribution is -0.131. The number of hydrogen-bond acceptors (Lipinski definition) is 3. The van der Waals surface area contributed by atoms with E-state index in [1.165, 1.54) is 12.1 Å². The van der Waals surface area contributed by atoms with Crippen LogP contribution in [0.2, 0.25) is 0 Å². The van der Waals surface area contributed by atoms with Crippen molar-refractivity contribution in [1.82, 2.24) is 0 Å². The molecule has 90 valence electrons. The van der Waals surface area contributed by atoms with Crippen molar-refractivity contribution in [1.29, 1.82) is 0 Å². The maximum absolute atomic E-state index is 11.2. The lowest BCUT2D eigenvalue weighted by Crippen LogP contribution is -2.12. The van der Waals surface area contributed by atoms with Gasteiger partial charge in [-0.1, -0.05) is 18.2 Å². The number of carboxylic acids is 1. The second kappa shape index (κ2) is 5.14. The lowest BCUT2D eigenvalue weighted by atomic mass is 10.1. The van der Waals surface area contributed by atoms with E-state index in [9.17, 15) is 9.59 Å². The smallest absolute Gasteiger partial charge is 0.377 e. The van der Waals surface area contributed by atoms with Crippen LogP contribution in [0.25, 0.3) is 0 Å². The van der Waals surface area contributed by atoms with E-state index in [1.54, 1.807) is 24.3 Å². The van der Waals surface area contributed by atoms with E-state index in [4.69, 9.17) is 9.84 Å². The van der Waals surface area contributed by atoms with Crippen LogP contribution in [0.3, 0.4) is 0 Å². The van der Waals surface area contributed by atoms with Crippen molar-refractivity contribution in [3.8, 4) is 11.5 Å². The van der Waals surface area contributed by atoms with Crippen LogP contribution >= 0.6 is 0 Å². The third-order valence-electron chi connectivity index (χ3n) is 2.29. The molecule has 0 saturated heterocycles. The maximum atomic E-state index is 11.2. The number of ketones is 1. The first-order chi connectivity index (χ1) is 8.66. The van der Waals surface area contributed by atoms with Gasteiger partial charge in [0.2, 0.25) is 0 Å². The fourth-order valence-electron chi connectivity index (χ4n) is 1.42. The van der Waals surface area contributed by atoms with Crippen molar-refractivity contribution in [2.24, 2.45) is 0 Å². The molecule has 4 nitrogen and oxygen atoms in total. The molecule has 0 bridgehead atoms. The molecule has 0 aromatic heterocycles. The molecule has 0 aliphatic carbocycles.